The molecule has 84 valence electrons. The highest BCUT2D eigenvalue weighted by molar-refractivity contribution is 5.91. The zero-order valence-corrected chi connectivity index (χ0v) is 9.01. The van der Waals surface area contributed by atoms with Crippen molar-refractivity contribution in [3.05, 3.63) is 0 Å². The molecule has 2 aliphatic rings. The molecule has 0 aromatic heterocycles. The van der Waals surface area contributed by atoms with Gasteiger partial charge in [-0.3, -0.25) is 4.79 Å². The van der Waals surface area contributed by atoms with E-state index in [1.165, 1.54) is 0 Å². The fourth-order valence-electron chi connectivity index (χ4n) is 2.27. The average molecular weight is 211 g/mol. The number of aliphatic carboxylic acids is 1. The summed E-state index contributed by atoms with van der Waals surface area (Å²) < 4.78 is 0. The third-order valence-corrected chi connectivity index (χ3v) is 3.77. The molecule has 15 heavy (non-hydrogen) atoms. The monoisotopic (exact) mass is 211 g/mol. The Labute approximate surface area is 89.0 Å². The normalized spacial score (nSPS) is 25.9. The minimum atomic E-state index is -0.928. The first-order chi connectivity index (χ1) is 6.99. The molecule has 0 heterocycles. The summed E-state index contributed by atoms with van der Waals surface area (Å²) in [4.78, 5) is 22.9. The van der Waals surface area contributed by atoms with E-state index in [1.807, 2.05) is 6.92 Å². The summed E-state index contributed by atoms with van der Waals surface area (Å²) in [6.45, 7) is 1.94. The Morgan fingerprint density at radius 1 is 1.13 bits per heavy atom. The second-order valence-corrected chi connectivity index (χ2v) is 5.11. The molecule has 0 bridgehead atoms. The van der Waals surface area contributed by atoms with Gasteiger partial charge in [0.05, 0.1) is 0 Å². The Balaban J connectivity index is 2.01. The summed E-state index contributed by atoms with van der Waals surface area (Å²) in [5.74, 6) is -0.961. The number of carboxylic acids is 1. The van der Waals surface area contributed by atoms with Crippen molar-refractivity contribution in [2.24, 2.45) is 5.41 Å². The van der Waals surface area contributed by atoms with Crippen LogP contribution in [0.15, 0.2) is 0 Å². The number of rotatable bonds is 3. The Morgan fingerprint density at radius 3 is 2.07 bits per heavy atom. The number of carboxylic acid groups (broad SMARTS) is 1. The van der Waals surface area contributed by atoms with Gasteiger partial charge in [0.15, 0.2) is 0 Å². The van der Waals surface area contributed by atoms with E-state index in [-0.39, 0.29) is 11.3 Å². The van der Waals surface area contributed by atoms with E-state index in [2.05, 4.69) is 5.32 Å². The quantitative estimate of drug-likeness (QED) is 0.739. The predicted octanol–water partition coefficient (Wildman–Crippen LogP) is 1.30. The van der Waals surface area contributed by atoms with Crippen LogP contribution in [0.4, 0.5) is 0 Å². The first-order valence-corrected chi connectivity index (χ1v) is 5.55. The molecule has 2 N–H and O–H groups in total. The molecular weight excluding hydrogens is 194 g/mol. The average Bonchev–Trinajstić information content (AvgIpc) is 2.82. The van der Waals surface area contributed by atoms with Crippen LogP contribution in [0.2, 0.25) is 0 Å². The fourth-order valence-corrected chi connectivity index (χ4v) is 2.27. The highest BCUT2D eigenvalue weighted by Gasteiger charge is 2.53. The second-order valence-electron chi connectivity index (χ2n) is 5.11. The van der Waals surface area contributed by atoms with E-state index >= 15 is 0 Å². The largest absolute Gasteiger partial charge is 0.480 e. The third-order valence-electron chi connectivity index (χ3n) is 3.77. The Hall–Kier alpha value is -1.06. The molecule has 0 aliphatic heterocycles. The van der Waals surface area contributed by atoms with Gasteiger partial charge in [-0.25, -0.2) is 4.79 Å². The molecule has 0 aromatic rings. The number of nitrogens with one attached hydrogen (secondary N) is 1. The summed E-state index contributed by atoms with van der Waals surface area (Å²) in [6.07, 6.45) is 5.06. The predicted molar refractivity (Wildman–Crippen MR) is 54.3 cm³/mol. The van der Waals surface area contributed by atoms with Crippen LogP contribution < -0.4 is 5.32 Å². The van der Waals surface area contributed by atoms with Crippen molar-refractivity contribution < 1.29 is 14.7 Å². The van der Waals surface area contributed by atoms with E-state index in [0.717, 1.165) is 25.7 Å². The van der Waals surface area contributed by atoms with Crippen LogP contribution in [-0.2, 0) is 9.59 Å². The van der Waals surface area contributed by atoms with Gasteiger partial charge in [-0.2, -0.15) is 0 Å². The lowest BCUT2D eigenvalue weighted by atomic mass is 9.87. The van der Waals surface area contributed by atoms with E-state index in [0.29, 0.717) is 12.8 Å². The molecule has 2 fully saturated rings. The Morgan fingerprint density at radius 2 is 1.67 bits per heavy atom. The summed E-state index contributed by atoms with van der Waals surface area (Å²) in [5.41, 5.74) is -1.26. The van der Waals surface area contributed by atoms with Crippen molar-refractivity contribution in [2.75, 3.05) is 0 Å². The van der Waals surface area contributed by atoms with Gasteiger partial charge in [0.1, 0.15) is 5.54 Å². The van der Waals surface area contributed by atoms with Crippen LogP contribution >= 0.6 is 0 Å². The molecule has 4 nitrogen and oxygen atoms in total. The number of hydrogen-bond acceptors (Lipinski definition) is 2. The van der Waals surface area contributed by atoms with Crippen LogP contribution in [0.25, 0.3) is 0 Å². The van der Waals surface area contributed by atoms with E-state index in [1.54, 1.807) is 0 Å². The van der Waals surface area contributed by atoms with E-state index < -0.39 is 11.5 Å². The molecular formula is C11H17NO3. The van der Waals surface area contributed by atoms with Crippen molar-refractivity contribution in [3.8, 4) is 0 Å². The maximum absolute atomic E-state index is 12.0. The van der Waals surface area contributed by atoms with Gasteiger partial charge < -0.3 is 10.4 Å². The molecule has 2 rings (SSSR count). The van der Waals surface area contributed by atoms with E-state index in [4.69, 9.17) is 5.11 Å². The first-order valence-electron chi connectivity index (χ1n) is 5.55. The van der Waals surface area contributed by atoms with Crippen molar-refractivity contribution in [1.29, 1.82) is 0 Å². The molecule has 2 saturated carbocycles. The summed E-state index contributed by atoms with van der Waals surface area (Å²) >= 11 is 0. The van der Waals surface area contributed by atoms with Gasteiger partial charge >= 0.3 is 5.97 Å². The van der Waals surface area contributed by atoms with Crippen molar-refractivity contribution >= 4 is 11.9 Å². The first kappa shape index (κ1) is 10.5. The van der Waals surface area contributed by atoms with Crippen LogP contribution in [0, 0.1) is 5.41 Å². The summed E-state index contributed by atoms with van der Waals surface area (Å²) in [6, 6.07) is 0. The maximum atomic E-state index is 12.0. The standard InChI is InChI=1S/C11H17NO3/c1-10(4-2-3-5-10)8(13)12-11(6-7-11)9(14)15/h2-7H2,1H3,(H,12,13)(H,14,15). The zero-order chi connectivity index (χ0) is 11.1. The van der Waals surface area contributed by atoms with Crippen LogP contribution in [0.3, 0.4) is 0 Å². The molecule has 0 unspecified atom stereocenters. The number of carbonyl (C=O) groups is 2. The minimum absolute atomic E-state index is 0.0695. The molecule has 0 atom stereocenters. The molecule has 4 heteroatoms. The SMILES string of the molecule is CC1(C(=O)NC2(C(=O)O)CC2)CCCC1. The van der Waals surface area contributed by atoms with Gasteiger partial charge in [-0.05, 0) is 25.7 Å². The maximum Gasteiger partial charge on any atom is 0.329 e. The molecule has 1 amide bonds. The van der Waals surface area contributed by atoms with Gasteiger partial charge in [-0.15, -0.1) is 0 Å². The number of amides is 1. The molecule has 0 spiro atoms. The number of carbonyl (C=O) groups excluding carboxylic acids is 1. The lowest BCUT2D eigenvalue weighted by Crippen LogP contribution is -2.48. The van der Waals surface area contributed by atoms with Crippen LogP contribution in [-0.4, -0.2) is 22.5 Å². The minimum Gasteiger partial charge on any atom is -0.480 e. The summed E-state index contributed by atoms with van der Waals surface area (Å²) in [7, 11) is 0. The Bertz CT molecular complexity index is 301. The molecule has 0 aromatic carbocycles. The smallest absolute Gasteiger partial charge is 0.329 e. The molecule has 0 radical (unpaired) electrons. The van der Waals surface area contributed by atoms with Gasteiger partial charge in [0.25, 0.3) is 0 Å². The second kappa shape index (κ2) is 3.22. The lowest BCUT2D eigenvalue weighted by molar-refractivity contribution is -0.145. The van der Waals surface area contributed by atoms with Gasteiger partial charge in [-0.1, -0.05) is 19.8 Å². The van der Waals surface area contributed by atoms with Crippen molar-refractivity contribution in [3.63, 3.8) is 0 Å². The zero-order valence-electron chi connectivity index (χ0n) is 9.01. The summed E-state index contributed by atoms with van der Waals surface area (Å²) in [5, 5.41) is 11.7. The van der Waals surface area contributed by atoms with Gasteiger partial charge in [0, 0.05) is 5.41 Å². The van der Waals surface area contributed by atoms with E-state index in [9.17, 15) is 9.59 Å². The molecule has 2 aliphatic carbocycles. The van der Waals surface area contributed by atoms with Gasteiger partial charge in [0.2, 0.25) is 5.91 Å². The Kier molecular flexibility index (Phi) is 2.24. The van der Waals surface area contributed by atoms with Crippen molar-refractivity contribution in [1.82, 2.24) is 5.32 Å². The molecule has 0 saturated heterocycles. The highest BCUT2D eigenvalue weighted by atomic mass is 16.4. The highest BCUT2D eigenvalue weighted by Crippen LogP contribution is 2.41. The topological polar surface area (TPSA) is 66.4 Å². The third kappa shape index (κ3) is 1.73. The van der Waals surface area contributed by atoms with Crippen LogP contribution in [0.1, 0.15) is 45.4 Å². The van der Waals surface area contributed by atoms with Crippen molar-refractivity contribution in [2.45, 2.75) is 51.0 Å². The number of hydrogen-bond donors (Lipinski definition) is 2. The fraction of sp³-hybridized carbons (Fsp3) is 0.818. The lowest BCUT2D eigenvalue weighted by Gasteiger charge is -2.24. The van der Waals surface area contributed by atoms with Crippen LogP contribution in [0.5, 0.6) is 0 Å².